The zero-order chi connectivity index (χ0) is 10.8. The Hall–Kier alpha value is -0.660. The van der Waals surface area contributed by atoms with Crippen LogP contribution in [0, 0.1) is 10.8 Å². The molecule has 1 unspecified atom stereocenters. The Bertz CT molecular complexity index is 256. The Morgan fingerprint density at radius 1 is 1.43 bits per heavy atom. The second kappa shape index (κ2) is 3.84. The van der Waals surface area contributed by atoms with E-state index in [1.807, 2.05) is 0 Å². The molecule has 3 nitrogen and oxygen atoms in total. The molecule has 0 radical (unpaired) electrons. The summed E-state index contributed by atoms with van der Waals surface area (Å²) in [5, 5.41) is 0. The minimum atomic E-state index is 0.0819. The molecule has 2 N–H and O–H groups in total. The van der Waals surface area contributed by atoms with E-state index in [1.54, 1.807) is 6.08 Å². The lowest BCUT2D eigenvalue weighted by molar-refractivity contribution is 0.0908. The van der Waals surface area contributed by atoms with Crippen molar-refractivity contribution in [1.29, 1.82) is 0 Å². The van der Waals surface area contributed by atoms with Gasteiger partial charge in [-0.2, -0.15) is 0 Å². The molecule has 2 atom stereocenters. The first-order valence-electron chi connectivity index (χ1n) is 5.16. The van der Waals surface area contributed by atoms with Crippen LogP contribution in [-0.2, 0) is 4.79 Å². The third kappa shape index (κ3) is 2.93. The van der Waals surface area contributed by atoms with Gasteiger partial charge in [-0.05, 0) is 30.1 Å². The van der Waals surface area contributed by atoms with Crippen molar-refractivity contribution in [3.05, 3.63) is 0 Å². The number of hydrogen-bond donors (Lipinski definition) is 1. The SMILES string of the molecule is CC1(C)CC(N)C[C@](C)(CN=C=O)C1. The highest BCUT2D eigenvalue weighted by atomic mass is 16.1. The summed E-state index contributed by atoms with van der Waals surface area (Å²) in [6.07, 6.45) is 4.72. The number of rotatable bonds is 2. The third-order valence-electron chi connectivity index (χ3n) is 3.00. The molecule has 0 saturated heterocycles. The number of carbonyl (C=O) groups excluding carboxylic acids is 1. The molecule has 14 heavy (non-hydrogen) atoms. The molecular weight excluding hydrogens is 176 g/mol. The monoisotopic (exact) mass is 196 g/mol. The summed E-state index contributed by atoms with van der Waals surface area (Å²) in [5.41, 5.74) is 6.37. The number of nitrogens with two attached hydrogens (primary N) is 1. The quantitative estimate of drug-likeness (QED) is 0.541. The van der Waals surface area contributed by atoms with Crippen molar-refractivity contribution in [2.45, 2.75) is 46.1 Å². The van der Waals surface area contributed by atoms with Crippen molar-refractivity contribution in [3.8, 4) is 0 Å². The molecule has 80 valence electrons. The van der Waals surface area contributed by atoms with E-state index in [4.69, 9.17) is 5.73 Å². The number of nitrogens with zero attached hydrogens (tertiary/aromatic N) is 1. The molecule has 0 aromatic rings. The first-order chi connectivity index (χ1) is 6.37. The Morgan fingerprint density at radius 2 is 2.07 bits per heavy atom. The molecule has 0 bridgehead atoms. The van der Waals surface area contributed by atoms with Gasteiger partial charge in [0, 0.05) is 6.04 Å². The highest BCUT2D eigenvalue weighted by Gasteiger charge is 2.39. The van der Waals surface area contributed by atoms with Crippen molar-refractivity contribution in [3.63, 3.8) is 0 Å². The Labute approximate surface area is 85.8 Å². The maximum Gasteiger partial charge on any atom is 0.234 e. The predicted molar refractivity (Wildman–Crippen MR) is 56.7 cm³/mol. The summed E-state index contributed by atoms with van der Waals surface area (Å²) in [6, 6.07) is 0.241. The smallest absolute Gasteiger partial charge is 0.234 e. The molecule has 0 spiro atoms. The summed E-state index contributed by atoms with van der Waals surface area (Å²) in [5.74, 6) is 0. The highest BCUT2D eigenvalue weighted by Crippen LogP contribution is 2.45. The second-order valence-electron chi connectivity index (χ2n) is 5.73. The standard InChI is InChI=1S/C11H20N2O/c1-10(2)4-9(12)5-11(3,6-10)7-13-8-14/h9H,4-7,12H2,1-3H3/t9?,11-/m0/s1. The third-order valence-corrected chi connectivity index (χ3v) is 3.00. The van der Waals surface area contributed by atoms with Crippen LogP contribution in [-0.4, -0.2) is 18.7 Å². The molecule has 1 rings (SSSR count). The Balaban J connectivity index is 2.73. The minimum Gasteiger partial charge on any atom is -0.328 e. The van der Waals surface area contributed by atoms with Crippen molar-refractivity contribution in [1.82, 2.24) is 0 Å². The van der Waals surface area contributed by atoms with E-state index >= 15 is 0 Å². The molecule has 1 aliphatic rings. The fraction of sp³-hybridized carbons (Fsp3) is 0.909. The maximum atomic E-state index is 10.1. The van der Waals surface area contributed by atoms with Gasteiger partial charge < -0.3 is 5.73 Å². The molecule has 0 aromatic carbocycles. The normalized spacial score (nSPS) is 36.1. The molecule has 0 aliphatic heterocycles. The van der Waals surface area contributed by atoms with E-state index in [2.05, 4.69) is 25.8 Å². The van der Waals surface area contributed by atoms with Crippen LogP contribution in [0.15, 0.2) is 4.99 Å². The molecular formula is C11H20N2O. The van der Waals surface area contributed by atoms with E-state index in [0.29, 0.717) is 6.54 Å². The lowest BCUT2D eigenvalue weighted by Crippen LogP contribution is -2.43. The second-order valence-corrected chi connectivity index (χ2v) is 5.73. The number of isocyanates is 1. The molecule has 1 saturated carbocycles. The van der Waals surface area contributed by atoms with Crippen molar-refractivity contribution in [2.24, 2.45) is 21.6 Å². The first kappa shape index (κ1) is 11.4. The van der Waals surface area contributed by atoms with Gasteiger partial charge in [0.25, 0.3) is 0 Å². The first-order valence-corrected chi connectivity index (χ1v) is 5.16. The Kier molecular flexibility index (Phi) is 3.13. The van der Waals surface area contributed by atoms with Crippen LogP contribution in [0.3, 0.4) is 0 Å². The van der Waals surface area contributed by atoms with Crippen LogP contribution in [0.25, 0.3) is 0 Å². The van der Waals surface area contributed by atoms with Crippen LogP contribution >= 0.6 is 0 Å². The molecule has 0 aromatic heterocycles. The van der Waals surface area contributed by atoms with Gasteiger partial charge in [0.05, 0.1) is 6.54 Å². The zero-order valence-electron chi connectivity index (χ0n) is 9.34. The lowest BCUT2D eigenvalue weighted by Gasteiger charge is -2.44. The molecule has 3 heteroatoms. The van der Waals surface area contributed by atoms with Crippen molar-refractivity contribution >= 4 is 6.08 Å². The van der Waals surface area contributed by atoms with Crippen LogP contribution in [0.4, 0.5) is 0 Å². The summed E-state index contributed by atoms with van der Waals surface area (Å²) in [4.78, 5) is 13.8. The highest BCUT2D eigenvalue weighted by molar-refractivity contribution is 5.33. The fourth-order valence-corrected chi connectivity index (χ4v) is 3.06. The number of aliphatic imine (C=N–C) groups is 1. The van der Waals surface area contributed by atoms with Crippen LogP contribution in [0.5, 0.6) is 0 Å². The predicted octanol–water partition coefficient (Wildman–Crippen LogP) is 1.87. The van der Waals surface area contributed by atoms with E-state index in [9.17, 15) is 4.79 Å². The van der Waals surface area contributed by atoms with Crippen LogP contribution in [0.1, 0.15) is 40.0 Å². The summed E-state index contributed by atoms with van der Waals surface area (Å²) >= 11 is 0. The molecule has 0 heterocycles. The topological polar surface area (TPSA) is 55.4 Å². The fourth-order valence-electron chi connectivity index (χ4n) is 3.06. The zero-order valence-corrected chi connectivity index (χ0v) is 9.34. The summed E-state index contributed by atoms with van der Waals surface area (Å²) < 4.78 is 0. The van der Waals surface area contributed by atoms with Gasteiger partial charge in [0.15, 0.2) is 0 Å². The Morgan fingerprint density at radius 3 is 2.57 bits per heavy atom. The van der Waals surface area contributed by atoms with Crippen LogP contribution in [0.2, 0.25) is 0 Å². The van der Waals surface area contributed by atoms with Gasteiger partial charge in [-0.3, -0.25) is 0 Å². The molecule has 1 aliphatic carbocycles. The lowest BCUT2D eigenvalue weighted by atomic mass is 9.63. The average molecular weight is 196 g/mol. The molecule has 0 amide bonds. The van der Waals surface area contributed by atoms with E-state index < -0.39 is 0 Å². The van der Waals surface area contributed by atoms with Gasteiger partial charge in [-0.15, -0.1) is 0 Å². The van der Waals surface area contributed by atoms with Crippen molar-refractivity contribution < 1.29 is 4.79 Å². The number of hydrogen-bond acceptors (Lipinski definition) is 3. The van der Waals surface area contributed by atoms with Gasteiger partial charge in [0.1, 0.15) is 0 Å². The van der Waals surface area contributed by atoms with E-state index in [-0.39, 0.29) is 16.9 Å². The van der Waals surface area contributed by atoms with Crippen LogP contribution < -0.4 is 5.73 Å². The van der Waals surface area contributed by atoms with Crippen molar-refractivity contribution in [2.75, 3.05) is 6.54 Å². The summed E-state index contributed by atoms with van der Waals surface area (Å²) in [7, 11) is 0. The van der Waals surface area contributed by atoms with E-state index in [1.165, 1.54) is 0 Å². The van der Waals surface area contributed by atoms with E-state index in [0.717, 1.165) is 19.3 Å². The molecule has 1 fully saturated rings. The van der Waals surface area contributed by atoms with Gasteiger partial charge in [-0.1, -0.05) is 20.8 Å². The maximum absolute atomic E-state index is 10.1. The van der Waals surface area contributed by atoms with Gasteiger partial charge in [-0.25, -0.2) is 9.79 Å². The minimum absolute atomic E-state index is 0.0819. The largest absolute Gasteiger partial charge is 0.328 e. The summed E-state index contributed by atoms with van der Waals surface area (Å²) in [6.45, 7) is 7.19. The average Bonchev–Trinajstić information content (AvgIpc) is 1.96. The van der Waals surface area contributed by atoms with Gasteiger partial charge in [0.2, 0.25) is 6.08 Å². The van der Waals surface area contributed by atoms with Gasteiger partial charge >= 0.3 is 0 Å².